The number of fused-ring (bicyclic) bond motifs is 2. The summed E-state index contributed by atoms with van der Waals surface area (Å²) in [6, 6.07) is 19.3. The quantitative estimate of drug-likeness (QED) is 0.0247. The minimum absolute atomic E-state index is 0. The Morgan fingerprint density at radius 3 is 0.701 bits per heavy atom. The fourth-order valence-electron chi connectivity index (χ4n) is 11.6. The third-order valence-corrected chi connectivity index (χ3v) is 17.9. The van der Waals surface area contributed by atoms with Crippen molar-refractivity contribution in [1.82, 2.24) is 0 Å². The van der Waals surface area contributed by atoms with E-state index in [1.54, 1.807) is 12.1 Å². The van der Waals surface area contributed by atoms with Crippen molar-refractivity contribution in [3.05, 3.63) is 82.9 Å². The van der Waals surface area contributed by atoms with Crippen LogP contribution in [0.3, 0.4) is 0 Å². The van der Waals surface area contributed by atoms with Gasteiger partial charge in [0.1, 0.15) is 20.2 Å². The zero-order valence-electron chi connectivity index (χ0n) is 49.9. The molecule has 0 spiro atoms. The Kier molecular flexibility index (Phi) is 41.9. The maximum Gasteiger partial charge on any atom is 2.00 e. The monoisotopic (exact) mass is 1130 g/mol. The molecular formula is C68H110CaO6S2. The summed E-state index contributed by atoms with van der Waals surface area (Å²) in [5, 5.41) is 3.99. The van der Waals surface area contributed by atoms with E-state index in [0.29, 0.717) is 12.8 Å². The number of hydrogen-bond donors (Lipinski definition) is 0. The third-order valence-electron chi connectivity index (χ3n) is 16.1. The van der Waals surface area contributed by atoms with Crippen molar-refractivity contribution in [2.75, 3.05) is 0 Å². The van der Waals surface area contributed by atoms with Crippen LogP contribution in [0, 0.1) is 0 Å². The summed E-state index contributed by atoms with van der Waals surface area (Å²) >= 11 is 0. The van der Waals surface area contributed by atoms with Gasteiger partial charge in [-0.25, -0.2) is 16.8 Å². The van der Waals surface area contributed by atoms with Crippen LogP contribution < -0.4 is 0 Å². The number of benzene rings is 4. The van der Waals surface area contributed by atoms with Gasteiger partial charge in [0.05, 0.1) is 9.79 Å². The molecule has 0 aromatic heterocycles. The van der Waals surface area contributed by atoms with Crippen molar-refractivity contribution in [2.24, 2.45) is 0 Å². The second-order valence-electron chi connectivity index (χ2n) is 22.7. The Morgan fingerprint density at radius 1 is 0.286 bits per heavy atom. The molecule has 0 bridgehead atoms. The first-order chi connectivity index (χ1) is 37.0. The molecule has 77 heavy (non-hydrogen) atoms. The van der Waals surface area contributed by atoms with E-state index >= 15 is 0 Å². The Balaban J connectivity index is 0.000000520. The molecule has 0 aliphatic rings. The summed E-state index contributed by atoms with van der Waals surface area (Å²) in [6.45, 7) is 9.02. The second-order valence-corrected chi connectivity index (χ2v) is 25.4. The summed E-state index contributed by atoms with van der Waals surface area (Å²) in [5.74, 6) is 0. The van der Waals surface area contributed by atoms with Crippen molar-refractivity contribution < 1.29 is 25.9 Å². The summed E-state index contributed by atoms with van der Waals surface area (Å²) in [7, 11) is -9.02. The molecule has 0 aliphatic heterocycles. The molecule has 0 unspecified atom stereocenters. The van der Waals surface area contributed by atoms with Crippen LogP contribution in [0.1, 0.15) is 307 Å². The molecule has 4 aromatic carbocycles. The largest absolute Gasteiger partial charge is 2.00 e. The van der Waals surface area contributed by atoms with E-state index in [1.165, 1.54) is 205 Å². The fourth-order valence-corrected chi connectivity index (χ4v) is 13.2. The average Bonchev–Trinajstić information content (AvgIpc) is 3.40. The molecule has 0 amide bonds. The second kappa shape index (κ2) is 45.1. The van der Waals surface area contributed by atoms with Crippen molar-refractivity contribution in [2.45, 2.75) is 320 Å². The van der Waals surface area contributed by atoms with Crippen molar-refractivity contribution in [3.8, 4) is 0 Å². The summed E-state index contributed by atoms with van der Waals surface area (Å²) in [4.78, 5) is 0.0448. The van der Waals surface area contributed by atoms with Crippen LogP contribution in [0.15, 0.2) is 70.5 Å². The molecule has 0 N–H and O–H groups in total. The summed E-state index contributed by atoms with van der Waals surface area (Å²) in [5.41, 5.74) is 3.81. The summed E-state index contributed by atoms with van der Waals surface area (Å²) < 4.78 is 73.9. The smallest absolute Gasteiger partial charge is 0.744 e. The van der Waals surface area contributed by atoms with Crippen LogP contribution in [-0.4, -0.2) is 63.7 Å². The molecule has 432 valence electrons. The first-order valence-electron chi connectivity index (χ1n) is 32.0. The Bertz CT molecular complexity index is 2160. The van der Waals surface area contributed by atoms with Gasteiger partial charge < -0.3 is 9.11 Å². The number of aryl methyl sites for hydroxylation is 2. The SMILES string of the molecule is CCCCCCCCCCCCc1c(S(=O)(=O)[O-])cc2ccccc2c1CCCCCCCCCCCC.CCCCCCCCCCCCc1c(S(=O)(=O)[O-])cc2ccccc2c1CCCCCCCCCCCC.[Ca+2]. The van der Waals surface area contributed by atoms with Gasteiger partial charge in [-0.15, -0.1) is 0 Å². The predicted molar refractivity (Wildman–Crippen MR) is 332 cm³/mol. The molecule has 6 nitrogen and oxygen atoms in total. The van der Waals surface area contributed by atoms with E-state index in [0.717, 1.165) is 108 Å². The van der Waals surface area contributed by atoms with E-state index in [2.05, 4.69) is 39.8 Å². The summed E-state index contributed by atoms with van der Waals surface area (Å²) in [6.07, 6.45) is 53.5. The van der Waals surface area contributed by atoms with Crippen LogP contribution in [0.4, 0.5) is 0 Å². The third kappa shape index (κ3) is 30.9. The van der Waals surface area contributed by atoms with Gasteiger partial charge in [0.25, 0.3) is 0 Å². The first-order valence-corrected chi connectivity index (χ1v) is 34.8. The van der Waals surface area contributed by atoms with Gasteiger partial charge in [0, 0.05) is 0 Å². The minimum atomic E-state index is -4.51. The zero-order valence-corrected chi connectivity index (χ0v) is 53.7. The first kappa shape index (κ1) is 71.6. The topological polar surface area (TPSA) is 114 Å². The van der Waals surface area contributed by atoms with Gasteiger partial charge in [-0.1, -0.05) is 307 Å². The van der Waals surface area contributed by atoms with E-state index in [4.69, 9.17) is 0 Å². The number of rotatable bonds is 46. The van der Waals surface area contributed by atoms with Gasteiger partial charge in [-0.2, -0.15) is 0 Å². The Hall–Kier alpha value is -1.52. The maximum atomic E-state index is 12.3. The predicted octanol–water partition coefficient (Wildman–Crippen LogP) is 21.0. The molecule has 4 aromatic rings. The minimum Gasteiger partial charge on any atom is -0.744 e. The van der Waals surface area contributed by atoms with Crippen molar-refractivity contribution in [1.29, 1.82) is 0 Å². The molecule has 0 fully saturated rings. The van der Waals surface area contributed by atoms with Gasteiger partial charge in [0.2, 0.25) is 0 Å². The molecule has 0 saturated heterocycles. The molecular weight excluding hydrogens is 1020 g/mol. The fraction of sp³-hybridized carbons (Fsp3) is 0.706. The molecule has 0 atom stereocenters. The van der Waals surface area contributed by atoms with Gasteiger partial charge in [-0.05, 0) is 107 Å². The van der Waals surface area contributed by atoms with E-state index in [-0.39, 0.29) is 47.5 Å². The Labute approximate surface area is 504 Å². The van der Waals surface area contributed by atoms with Crippen LogP contribution in [0.25, 0.3) is 21.5 Å². The normalized spacial score (nSPS) is 11.8. The number of hydrogen-bond acceptors (Lipinski definition) is 6. The molecule has 9 heteroatoms. The number of unbranched alkanes of at least 4 members (excludes halogenated alkanes) is 36. The zero-order chi connectivity index (χ0) is 55.0. The van der Waals surface area contributed by atoms with E-state index < -0.39 is 20.2 Å². The average molecular weight is 1130 g/mol. The van der Waals surface area contributed by atoms with Crippen LogP contribution in [0.5, 0.6) is 0 Å². The van der Waals surface area contributed by atoms with Crippen LogP contribution >= 0.6 is 0 Å². The Morgan fingerprint density at radius 2 is 0.481 bits per heavy atom. The van der Waals surface area contributed by atoms with Gasteiger partial charge >= 0.3 is 37.7 Å². The molecule has 0 aliphatic carbocycles. The molecule has 4 rings (SSSR count). The standard InChI is InChI=1S/2C34H56O3S.Ca/c2*1-3-5-7-9-11-13-15-17-19-21-27-32-31-26-24-23-25-30(31)29-34(38(35,36)37)33(32)28-22-20-18-16-14-12-10-8-6-4-2;/h2*23-26,29H,3-22,27-28H2,1-2H3,(H,35,36,37);/q;;+2/p-2. The van der Waals surface area contributed by atoms with E-state index in [9.17, 15) is 25.9 Å². The van der Waals surface area contributed by atoms with Crippen LogP contribution in [-0.2, 0) is 45.9 Å². The molecule has 0 heterocycles. The molecule has 0 saturated carbocycles. The van der Waals surface area contributed by atoms with Gasteiger partial charge in [0.15, 0.2) is 0 Å². The van der Waals surface area contributed by atoms with Gasteiger partial charge in [-0.3, -0.25) is 0 Å². The van der Waals surface area contributed by atoms with Crippen molar-refractivity contribution >= 4 is 79.5 Å². The maximum absolute atomic E-state index is 12.3. The van der Waals surface area contributed by atoms with E-state index in [1.807, 2.05) is 36.4 Å². The molecule has 0 radical (unpaired) electrons. The van der Waals surface area contributed by atoms with Crippen LogP contribution in [0.2, 0.25) is 0 Å². The van der Waals surface area contributed by atoms with Crippen molar-refractivity contribution in [3.63, 3.8) is 0 Å².